The molecule has 0 amide bonds. The molecule has 0 heterocycles. The minimum Gasteiger partial charge on any atom is -0.388 e. The standard InChI is InChI=1S/C10H21NO2S/c1-5-6-7-11-10(9(2)3)8-14(4,12)13/h8-9,11H,5-7H2,1-4H3/b10-8-. The molecule has 0 radical (unpaired) electrons. The van der Waals surface area contributed by atoms with Crippen LogP contribution in [0.4, 0.5) is 0 Å². The minimum absolute atomic E-state index is 0.224. The van der Waals surface area contributed by atoms with E-state index < -0.39 is 9.84 Å². The molecule has 0 bridgehead atoms. The van der Waals surface area contributed by atoms with Crippen molar-refractivity contribution >= 4 is 9.84 Å². The van der Waals surface area contributed by atoms with Crippen LogP contribution in [0.5, 0.6) is 0 Å². The van der Waals surface area contributed by atoms with E-state index in [1.54, 1.807) is 0 Å². The summed E-state index contributed by atoms with van der Waals surface area (Å²) < 4.78 is 22.1. The first-order valence-electron chi connectivity index (χ1n) is 5.02. The molecule has 0 saturated carbocycles. The molecule has 84 valence electrons. The summed E-state index contributed by atoms with van der Waals surface area (Å²) in [7, 11) is -3.03. The second kappa shape index (κ2) is 6.06. The van der Waals surface area contributed by atoms with Crippen LogP contribution in [0.25, 0.3) is 0 Å². The van der Waals surface area contributed by atoms with Crippen LogP contribution in [0.15, 0.2) is 11.1 Å². The van der Waals surface area contributed by atoms with E-state index in [2.05, 4.69) is 12.2 Å². The molecular formula is C10H21NO2S. The Kier molecular flexibility index (Phi) is 5.84. The number of nitrogens with one attached hydrogen (secondary N) is 1. The third-order valence-corrected chi connectivity index (χ3v) is 2.50. The SMILES string of the molecule is CCCCN/C(=C\S(C)(=O)=O)C(C)C. The fourth-order valence-electron chi connectivity index (χ4n) is 1.02. The van der Waals surface area contributed by atoms with Crippen molar-refractivity contribution in [1.29, 1.82) is 0 Å². The topological polar surface area (TPSA) is 46.2 Å². The first kappa shape index (κ1) is 13.5. The molecule has 0 aromatic heterocycles. The van der Waals surface area contributed by atoms with Crippen LogP contribution in [-0.2, 0) is 9.84 Å². The zero-order valence-electron chi connectivity index (χ0n) is 9.50. The zero-order chi connectivity index (χ0) is 11.2. The van der Waals surface area contributed by atoms with Crippen molar-refractivity contribution in [2.24, 2.45) is 5.92 Å². The normalized spacial score (nSPS) is 13.4. The summed E-state index contributed by atoms with van der Waals surface area (Å²) in [5.41, 5.74) is 0.806. The molecule has 3 nitrogen and oxygen atoms in total. The van der Waals surface area contributed by atoms with Crippen LogP contribution in [0, 0.1) is 5.92 Å². The highest BCUT2D eigenvalue weighted by Crippen LogP contribution is 2.07. The van der Waals surface area contributed by atoms with Crippen molar-refractivity contribution in [3.8, 4) is 0 Å². The number of allylic oxidation sites excluding steroid dienone is 1. The lowest BCUT2D eigenvalue weighted by Gasteiger charge is -2.13. The smallest absolute Gasteiger partial charge is 0.170 e. The van der Waals surface area contributed by atoms with Crippen LogP contribution in [0.2, 0.25) is 0 Å². The van der Waals surface area contributed by atoms with Gasteiger partial charge in [0, 0.05) is 23.9 Å². The van der Waals surface area contributed by atoms with Gasteiger partial charge in [0.2, 0.25) is 0 Å². The maximum absolute atomic E-state index is 11.1. The van der Waals surface area contributed by atoms with Gasteiger partial charge in [0.05, 0.1) is 0 Å². The monoisotopic (exact) mass is 219 g/mol. The molecule has 0 fully saturated rings. The average Bonchev–Trinajstić information content (AvgIpc) is 2.00. The van der Waals surface area contributed by atoms with Gasteiger partial charge in [-0.05, 0) is 12.3 Å². The van der Waals surface area contributed by atoms with E-state index in [0.29, 0.717) is 0 Å². The van der Waals surface area contributed by atoms with Crippen molar-refractivity contribution in [3.05, 3.63) is 11.1 Å². The third-order valence-electron chi connectivity index (χ3n) is 1.82. The summed E-state index contributed by atoms with van der Waals surface area (Å²) in [4.78, 5) is 0. The summed E-state index contributed by atoms with van der Waals surface area (Å²) in [6.45, 7) is 6.92. The Hall–Kier alpha value is -0.510. The lowest BCUT2D eigenvalue weighted by molar-refractivity contribution is 0.603. The fourth-order valence-corrected chi connectivity index (χ4v) is 1.84. The summed E-state index contributed by atoms with van der Waals surface area (Å²) in [6, 6.07) is 0. The Morgan fingerprint density at radius 2 is 2.00 bits per heavy atom. The zero-order valence-corrected chi connectivity index (χ0v) is 10.3. The van der Waals surface area contributed by atoms with E-state index >= 15 is 0 Å². The highest BCUT2D eigenvalue weighted by atomic mass is 32.2. The molecule has 0 aliphatic heterocycles. The van der Waals surface area contributed by atoms with Crippen molar-refractivity contribution in [2.45, 2.75) is 33.6 Å². The predicted octanol–water partition coefficient (Wildman–Crippen LogP) is 1.92. The molecule has 0 aliphatic rings. The lowest BCUT2D eigenvalue weighted by Crippen LogP contribution is -2.19. The number of unbranched alkanes of at least 4 members (excludes halogenated alkanes) is 1. The molecule has 0 unspecified atom stereocenters. The molecule has 0 spiro atoms. The first-order chi connectivity index (χ1) is 6.37. The number of rotatable bonds is 6. The molecule has 14 heavy (non-hydrogen) atoms. The molecule has 0 aliphatic carbocycles. The first-order valence-corrected chi connectivity index (χ1v) is 6.97. The third kappa shape index (κ3) is 6.95. The maximum Gasteiger partial charge on any atom is 0.170 e. The van der Waals surface area contributed by atoms with Gasteiger partial charge in [-0.1, -0.05) is 27.2 Å². The highest BCUT2D eigenvalue weighted by Gasteiger charge is 2.06. The van der Waals surface area contributed by atoms with Crippen LogP contribution in [0.1, 0.15) is 33.6 Å². The van der Waals surface area contributed by atoms with E-state index in [4.69, 9.17) is 0 Å². The number of hydrogen-bond donors (Lipinski definition) is 1. The van der Waals surface area contributed by atoms with E-state index in [1.807, 2.05) is 13.8 Å². The van der Waals surface area contributed by atoms with Gasteiger partial charge < -0.3 is 5.32 Å². The van der Waals surface area contributed by atoms with E-state index in [-0.39, 0.29) is 5.92 Å². The maximum atomic E-state index is 11.1. The Bertz CT molecular complexity index is 278. The van der Waals surface area contributed by atoms with Crippen molar-refractivity contribution in [3.63, 3.8) is 0 Å². The lowest BCUT2D eigenvalue weighted by atomic mass is 10.1. The largest absolute Gasteiger partial charge is 0.388 e. The quantitative estimate of drug-likeness (QED) is 0.694. The number of sulfone groups is 1. The van der Waals surface area contributed by atoms with Gasteiger partial charge in [-0.2, -0.15) is 0 Å². The van der Waals surface area contributed by atoms with Crippen molar-refractivity contribution in [2.75, 3.05) is 12.8 Å². The van der Waals surface area contributed by atoms with E-state index in [1.165, 1.54) is 11.7 Å². The molecule has 0 aromatic rings. The molecule has 0 aromatic carbocycles. The van der Waals surface area contributed by atoms with Gasteiger partial charge in [-0.15, -0.1) is 0 Å². The Labute approximate surface area is 87.5 Å². The van der Waals surface area contributed by atoms with Gasteiger partial charge in [0.1, 0.15) is 0 Å². The number of hydrogen-bond acceptors (Lipinski definition) is 3. The molecule has 0 rings (SSSR count). The average molecular weight is 219 g/mol. The van der Waals surface area contributed by atoms with E-state index in [0.717, 1.165) is 25.1 Å². The second-order valence-corrected chi connectivity index (χ2v) is 5.73. The molecule has 4 heteroatoms. The predicted molar refractivity (Wildman–Crippen MR) is 60.7 cm³/mol. The van der Waals surface area contributed by atoms with E-state index in [9.17, 15) is 8.42 Å². The van der Waals surface area contributed by atoms with Crippen LogP contribution >= 0.6 is 0 Å². The fraction of sp³-hybridized carbons (Fsp3) is 0.800. The van der Waals surface area contributed by atoms with Crippen LogP contribution in [0.3, 0.4) is 0 Å². The summed E-state index contributed by atoms with van der Waals surface area (Å²) in [5.74, 6) is 0.224. The van der Waals surface area contributed by atoms with Gasteiger partial charge in [0.15, 0.2) is 9.84 Å². The summed E-state index contributed by atoms with van der Waals surface area (Å²) >= 11 is 0. The molecular weight excluding hydrogens is 198 g/mol. The molecule has 0 atom stereocenters. The summed E-state index contributed by atoms with van der Waals surface area (Å²) in [6.07, 6.45) is 3.39. The van der Waals surface area contributed by atoms with Gasteiger partial charge in [-0.3, -0.25) is 0 Å². The van der Waals surface area contributed by atoms with Gasteiger partial charge in [-0.25, -0.2) is 8.42 Å². The van der Waals surface area contributed by atoms with Gasteiger partial charge >= 0.3 is 0 Å². The Balaban J connectivity index is 4.39. The Morgan fingerprint density at radius 1 is 1.43 bits per heavy atom. The van der Waals surface area contributed by atoms with Crippen molar-refractivity contribution in [1.82, 2.24) is 5.32 Å². The van der Waals surface area contributed by atoms with Gasteiger partial charge in [0.25, 0.3) is 0 Å². The minimum atomic E-state index is -3.03. The second-order valence-electron chi connectivity index (χ2n) is 3.84. The highest BCUT2D eigenvalue weighted by molar-refractivity contribution is 7.93. The van der Waals surface area contributed by atoms with Crippen LogP contribution < -0.4 is 5.32 Å². The van der Waals surface area contributed by atoms with Crippen LogP contribution in [-0.4, -0.2) is 21.2 Å². The molecule has 0 saturated heterocycles. The Morgan fingerprint density at radius 3 is 2.36 bits per heavy atom. The van der Waals surface area contributed by atoms with Crippen molar-refractivity contribution < 1.29 is 8.42 Å². The molecule has 1 N–H and O–H groups in total. The summed E-state index contributed by atoms with van der Waals surface area (Å²) in [5, 5.41) is 4.49.